The van der Waals surface area contributed by atoms with E-state index in [1.54, 1.807) is 0 Å². The van der Waals surface area contributed by atoms with Gasteiger partial charge in [0.15, 0.2) is 0 Å². The molecule has 0 atom stereocenters. The van der Waals surface area contributed by atoms with Crippen LogP contribution in [0, 0.1) is 6.92 Å². The minimum absolute atomic E-state index is 0.354. The summed E-state index contributed by atoms with van der Waals surface area (Å²) in [6.45, 7) is 6.76. The molecule has 3 nitrogen and oxygen atoms in total. The van der Waals surface area contributed by atoms with Crippen molar-refractivity contribution < 1.29 is 4.74 Å². The van der Waals surface area contributed by atoms with Crippen LogP contribution in [0.5, 0.6) is 11.6 Å². The fourth-order valence-corrected chi connectivity index (χ4v) is 1.77. The van der Waals surface area contributed by atoms with Crippen molar-refractivity contribution in [3.05, 3.63) is 53.2 Å². The molecule has 2 aromatic rings. The average Bonchev–Trinajstić information content (AvgIpc) is 2.41. The van der Waals surface area contributed by atoms with E-state index in [-0.39, 0.29) is 0 Å². The lowest BCUT2D eigenvalue weighted by Crippen LogP contribution is -2.02. The summed E-state index contributed by atoms with van der Waals surface area (Å²) in [4.78, 5) is 4.52. The smallest absolute Gasteiger partial charge is 0.219 e. The van der Waals surface area contributed by atoms with Gasteiger partial charge >= 0.3 is 0 Å². The highest BCUT2D eigenvalue weighted by Crippen LogP contribution is 2.24. The Morgan fingerprint density at radius 1 is 1.16 bits per heavy atom. The van der Waals surface area contributed by atoms with E-state index in [0.29, 0.717) is 18.3 Å². The molecule has 2 rings (SSSR count). The van der Waals surface area contributed by atoms with E-state index in [4.69, 9.17) is 10.5 Å². The van der Waals surface area contributed by atoms with E-state index in [1.165, 1.54) is 5.56 Å². The van der Waals surface area contributed by atoms with Crippen molar-refractivity contribution >= 4 is 0 Å². The number of nitrogens with zero attached hydrogens (tertiary/aromatic N) is 1. The zero-order valence-electron chi connectivity index (χ0n) is 11.7. The lowest BCUT2D eigenvalue weighted by atomic mass is 10.1. The van der Waals surface area contributed by atoms with Crippen LogP contribution in [0.1, 0.15) is 36.6 Å². The predicted octanol–water partition coefficient (Wildman–Crippen LogP) is 3.76. The van der Waals surface area contributed by atoms with E-state index in [1.807, 2.05) is 43.3 Å². The van der Waals surface area contributed by atoms with Crippen LogP contribution in [0.3, 0.4) is 0 Å². The van der Waals surface area contributed by atoms with Gasteiger partial charge < -0.3 is 10.5 Å². The van der Waals surface area contributed by atoms with Crippen LogP contribution in [-0.2, 0) is 6.54 Å². The maximum atomic E-state index is 5.80. The van der Waals surface area contributed by atoms with E-state index in [2.05, 4.69) is 18.8 Å². The van der Waals surface area contributed by atoms with Gasteiger partial charge in [-0.15, -0.1) is 0 Å². The Balaban J connectivity index is 2.28. The van der Waals surface area contributed by atoms with Gasteiger partial charge in [0.1, 0.15) is 5.75 Å². The van der Waals surface area contributed by atoms with Gasteiger partial charge in [-0.1, -0.05) is 31.5 Å². The number of aromatic nitrogens is 1. The molecule has 3 heteroatoms. The minimum atomic E-state index is 0.354. The van der Waals surface area contributed by atoms with Crippen molar-refractivity contribution in [1.29, 1.82) is 0 Å². The second kappa shape index (κ2) is 5.85. The summed E-state index contributed by atoms with van der Waals surface area (Å²) >= 11 is 0. The molecule has 0 spiro atoms. The van der Waals surface area contributed by atoms with Crippen molar-refractivity contribution in [1.82, 2.24) is 4.98 Å². The second-order valence-electron chi connectivity index (χ2n) is 5.01. The second-order valence-corrected chi connectivity index (χ2v) is 5.01. The van der Waals surface area contributed by atoms with Gasteiger partial charge in [0.2, 0.25) is 5.88 Å². The van der Waals surface area contributed by atoms with Gasteiger partial charge in [-0.05, 0) is 36.6 Å². The Kier molecular flexibility index (Phi) is 4.17. The number of aryl methyl sites for hydroxylation is 1. The van der Waals surface area contributed by atoms with Crippen LogP contribution in [0.15, 0.2) is 36.4 Å². The Bertz CT molecular complexity index is 547. The number of benzene rings is 1. The number of hydrogen-bond acceptors (Lipinski definition) is 3. The van der Waals surface area contributed by atoms with Crippen molar-refractivity contribution in [2.24, 2.45) is 5.73 Å². The van der Waals surface area contributed by atoms with Gasteiger partial charge in [-0.3, -0.25) is 0 Å². The highest BCUT2D eigenvalue weighted by atomic mass is 16.5. The third-order valence-electron chi connectivity index (χ3n) is 2.95. The molecule has 1 aromatic heterocycles. The summed E-state index contributed by atoms with van der Waals surface area (Å²) in [6, 6.07) is 11.9. The van der Waals surface area contributed by atoms with Gasteiger partial charge in [0.25, 0.3) is 0 Å². The molecular formula is C16H20N2O. The standard InChI is InChI=1S/C16H20N2O/c1-11(2)15-8-13(10-17)9-16(18-15)19-14-6-4-12(3)5-7-14/h4-9,11H,10,17H2,1-3H3. The SMILES string of the molecule is Cc1ccc(Oc2cc(CN)cc(C(C)C)n2)cc1. The molecular weight excluding hydrogens is 236 g/mol. The zero-order valence-corrected chi connectivity index (χ0v) is 11.7. The maximum Gasteiger partial charge on any atom is 0.219 e. The van der Waals surface area contributed by atoms with Gasteiger partial charge in [0.05, 0.1) is 0 Å². The van der Waals surface area contributed by atoms with Gasteiger partial charge in [0, 0.05) is 18.3 Å². The molecule has 0 bridgehead atoms. The van der Waals surface area contributed by atoms with Gasteiger partial charge in [-0.2, -0.15) is 0 Å². The predicted molar refractivity (Wildman–Crippen MR) is 77.5 cm³/mol. The first-order valence-corrected chi connectivity index (χ1v) is 6.54. The molecule has 19 heavy (non-hydrogen) atoms. The van der Waals surface area contributed by atoms with Crippen molar-refractivity contribution in [3.63, 3.8) is 0 Å². The Labute approximate surface area is 114 Å². The molecule has 0 aliphatic heterocycles. The Morgan fingerprint density at radius 2 is 1.84 bits per heavy atom. The molecule has 0 amide bonds. The molecule has 0 radical (unpaired) electrons. The lowest BCUT2D eigenvalue weighted by Gasteiger charge is -2.11. The fraction of sp³-hybridized carbons (Fsp3) is 0.312. The van der Waals surface area contributed by atoms with Crippen LogP contribution in [0.4, 0.5) is 0 Å². The summed E-state index contributed by atoms with van der Waals surface area (Å²) < 4.78 is 5.80. The molecule has 0 unspecified atom stereocenters. The molecule has 0 aliphatic rings. The summed E-state index contributed by atoms with van der Waals surface area (Å²) in [7, 11) is 0. The monoisotopic (exact) mass is 256 g/mol. The van der Waals surface area contributed by atoms with Crippen LogP contribution < -0.4 is 10.5 Å². The van der Waals surface area contributed by atoms with Crippen LogP contribution in [0.2, 0.25) is 0 Å². The van der Waals surface area contributed by atoms with E-state index in [0.717, 1.165) is 17.0 Å². The number of rotatable bonds is 4. The first kappa shape index (κ1) is 13.6. The first-order valence-electron chi connectivity index (χ1n) is 6.54. The molecule has 0 saturated carbocycles. The summed E-state index contributed by atoms with van der Waals surface area (Å²) in [5, 5.41) is 0. The Morgan fingerprint density at radius 3 is 2.42 bits per heavy atom. The molecule has 0 aliphatic carbocycles. The summed E-state index contributed by atoms with van der Waals surface area (Å²) in [6.07, 6.45) is 0. The fourth-order valence-electron chi connectivity index (χ4n) is 1.77. The zero-order chi connectivity index (χ0) is 13.8. The molecule has 2 N–H and O–H groups in total. The number of pyridine rings is 1. The molecule has 1 aromatic carbocycles. The normalized spacial score (nSPS) is 10.8. The molecule has 100 valence electrons. The molecule has 0 saturated heterocycles. The van der Waals surface area contributed by atoms with Crippen LogP contribution in [0.25, 0.3) is 0 Å². The van der Waals surface area contributed by atoms with E-state index in [9.17, 15) is 0 Å². The summed E-state index contributed by atoms with van der Waals surface area (Å²) in [5.41, 5.74) is 8.97. The third-order valence-corrected chi connectivity index (χ3v) is 2.95. The topological polar surface area (TPSA) is 48.1 Å². The minimum Gasteiger partial charge on any atom is -0.439 e. The lowest BCUT2D eigenvalue weighted by molar-refractivity contribution is 0.458. The summed E-state index contributed by atoms with van der Waals surface area (Å²) in [5.74, 6) is 1.75. The highest BCUT2D eigenvalue weighted by Gasteiger charge is 2.07. The maximum absolute atomic E-state index is 5.80. The number of ether oxygens (including phenoxy) is 1. The van der Waals surface area contributed by atoms with Crippen molar-refractivity contribution in [3.8, 4) is 11.6 Å². The molecule has 0 fully saturated rings. The quantitative estimate of drug-likeness (QED) is 0.906. The largest absolute Gasteiger partial charge is 0.439 e. The number of hydrogen-bond donors (Lipinski definition) is 1. The van der Waals surface area contributed by atoms with Crippen LogP contribution in [-0.4, -0.2) is 4.98 Å². The van der Waals surface area contributed by atoms with Gasteiger partial charge in [-0.25, -0.2) is 4.98 Å². The van der Waals surface area contributed by atoms with Crippen molar-refractivity contribution in [2.75, 3.05) is 0 Å². The van der Waals surface area contributed by atoms with E-state index < -0.39 is 0 Å². The number of nitrogens with two attached hydrogens (primary N) is 1. The highest BCUT2D eigenvalue weighted by molar-refractivity contribution is 5.33. The first-order chi connectivity index (χ1) is 9.08. The van der Waals surface area contributed by atoms with Crippen LogP contribution >= 0.6 is 0 Å². The third kappa shape index (κ3) is 3.55. The molecule has 1 heterocycles. The average molecular weight is 256 g/mol. The van der Waals surface area contributed by atoms with E-state index >= 15 is 0 Å². The van der Waals surface area contributed by atoms with Crippen molar-refractivity contribution in [2.45, 2.75) is 33.2 Å². The Hall–Kier alpha value is -1.87.